The Morgan fingerprint density at radius 2 is 2.11 bits per heavy atom. The normalized spacial score (nSPS) is 18.1. The second kappa shape index (κ2) is 8.02. The van der Waals surface area contributed by atoms with Gasteiger partial charge in [0.15, 0.2) is 5.88 Å². The third-order valence-corrected chi connectivity index (χ3v) is 5.17. The van der Waals surface area contributed by atoms with Crippen LogP contribution in [0.15, 0.2) is 47.5 Å². The molecule has 2 N–H and O–H groups in total. The Hall–Kier alpha value is -2.86. The Morgan fingerprint density at radius 1 is 1.29 bits per heavy atom. The van der Waals surface area contributed by atoms with Gasteiger partial charge >= 0.3 is 0 Å². The van der Waals surface area contributed by atoms with Crippen molar-refractivity contribution < 1.29 is 14.2 Å². The molecule has 6 heteroatoms. The zero-order chi connectivity index (χ0) is 19.5. The minimum absolute atomic E-state index is 0.0262. The average molecular weight is 381 g/mol. The second-order valence-electron chi connectivity index (χ2n) is 7.41. The number of benzene rings is 2. The first-order chi connectivity index (χ1) is 13.6. The number of aromatic amines is 1. The molecule has 0 aliphatic carbocycles. The van der Waals surface area contributed by atoms with Gasteiger partial charge in [0.2, 0.25) is 0 Å². The first kappa shape index (κ1) is 18.5. The number of likely N-dealkylation sites (tertiary alicyclic amines) is 1. The highest BCUT2D eigenvalue weighted by Gasteiger charge is 2.17. The predicted octanol–water partition coefficient (Wildman–Crippen LogP) is 4.48. The van der Waals surface area contributed by atoms with E-state index < -0.39 is 0 Å². The van der Waals surface area contributed by atoms with E-state index in [4.69, 9.17) is 4.74 Å². The Kier molecular flexibility index (Phi) is 5.30. The number of rotatable bonds is 5. The van der Waals surface area contributed by atoms with Gasteiger partial charge in [0.25, 0.3) is 0 Å². The molecule has 0 bridgehead atoms. The fraction of sp³-hybridized carbons (Fsp3) is 0.318. The van der Waals surface area contributed by atoms with Gasteiger partial charge in [0.05, 0.1) is 23.4 Å². The first-order valence-electron chi connectivity index (χ1n) is 9.54. The van der Waals surface area contributed by atoms with Crippen LogP contribution in [0.3, 0.4) is 0 Å². The molecule has 1 unspecified atom stereocenters. The minimum Gasteiger partial charge on any atom is -0.494 e. The summed E-state index contributed by atoms with van der Waals surface area (Å²) >= 11 is 0. The third kappa shape index (κ3) is 4.17. The largest absolute Gasteiger partial charge is 0.494 e. The van der Waals surface area contributed by atoms with E-state index in [1.807, 2.05) is 24.3 Å². The van der Waals surface area contributed by atoms with Crippen LogP contribution in [0.4, 0.5) is 10.1 Å². The SMILES string of the molecule is CN1CCCC(COc2ccc(N=Cc3c(O)[nH]c4cc(F)ccc34)cc2)C1. The molecule has 2 heterocycles. The molecule has 1 aliphatic rings. The van der Waals surface area contributed by atoms with Crippen LogP contribution in [0.5, 0.6) is 11.6 Å². The van der Waals surface area contributed by atoms with Crippen LogP contribution in [0.25, 0.3) is 10.9 Å². The summed E-state index contributed by atoms with van der Waals surface area (Å²) in [7, 11) is 2.15. The number of aliphatic imine (C=N–C) groups is 1. The highest BCUT2D eigenvalue weighted by atomic mass is 19.1. The number of aromatic nitrogens is 1. The highest BCUT2D eigenvalue weighted by Crippen LogP contribution is 2.27. The average Bonchev–Trinajstić information content (AvgIpc) is 2.99. The highest BCUT2D eigenvalue weighted by molar-refractivity contribution is 6.02. The van der Waals surface area contributed by atoms with Crippen molar-refractivity contribution in [2.75, 3.05) is 26.7 Å². The van der Waals surface area contributed by atoms with Gasteiger partial charge in [-0.3, -0.25) is 4.99 Å². The maximum absolute atomic E-state index is 13.3. The number of nitrogens with zero attached hydrogens (tertiary/aromatic N) is 2. The predicted molar refractivity (Wildman–Crippen MR) is 109 cm³/mol. The number of H-pyrrole nitrogens is 1. The van der Waals surface area contributed by atoms with Crippen molar-refractivity contribution in [1.82, 2.24) is 9.88 Å². The van der Waals surface area contributed by atoms with Crippen LogP contribution < -0.4 is 4.74 Å². The fourth-order valence-corrected chi connectivity index (χ4v) is 3.70. The van der Waals surface area contributed by atoms with Gasteiger partial charge in [-0.05, 0) is 68.9 Å². The van der Waals surface area contributed by atoms with E-state index >= 15 is 0 Å². The fourth-order valence-electron chi connectivity index (χ4n) is 3.70. The molecular weight excluding hydrogens is 357 g/mol. The van der Waals surface area contributed by atoms with E-state index in [-0.39, 0.29) is 11.7 Å². The van der Waals surface area contributed by atoms with Crippen LogP contribution in [0.1, 0.15) is 18.4 Å². The third-order valence-electron chi connectivity index (χ3n) is 5.17. The standard InChI is InChI=1S/C22H24FN3O2/c1-26-10-2-3-15(13-26)14-28-18-7-5-17(6-8-18)24-12-20-19-9-4-16(23)11-21(19)25-22(20)27/h4-9,11-12,15,25,27H,2-3,10,13-14H2,1H3. The molecular formula is C22H24FN3O2. The summed E-state index contributed by atoms with van der Waals surface area (Å²) in [4.78, 5) is 9.54. The first-order valence-corrected chi connectivity index (χ1v) is 9.54. The molecule has 1 aromatic heterocycles. The summed E-state index contributed by atoms with van der Waals surface area (Å²) in [6.07, 6.45) is 4.02. The quantitative estimate of drug-likeness (QED) is 0.641. The summed E-state index contributed by atoms with van der Waals surface area (Å²) in [5.41, 5.74) is 1.83. The van der Waals surface area contributed by atoms with Gasteiger partial charge in [-0.2, -0.15) is 0 Å². The van der Waals surface area contributed by atoms with E-state index in [1.54, 1.807) is 12.3 Å². The topological polar surface area (TPSA) is 60.9 Å². The number of hydrogen-bond acceptors (Lipinski definition) is 4. The Balaban J connectivity index is 1.41. The zero-order valence-corrected chi connectivity index (χ0v) is 15.9. The van der Waals surface area contributed by atoms with Crippen LogP contribution in [0.2, 0.25) is 0 Å². The van der Waals surface area contributed by atoms with Crippen molar-refractivity contribution in [3.63, 3.8) is 0 Å². The van der Waals surface area contributed by atoms with E-state index in [2.05, 4.69) is 21.9 Å². The molecule has 4 rings (SSSR count). The molecule has 3 aromatic rings. The lowest BCUT2D eigenvalue weighted by Crippen LogP contribution is -2.34. The van der Waals surface area contributed by atoms with Gasteiger partial charge in [-0.25, -0.2) is 4.39 Å². The van der Waals surface area contributed by atoms with E-state index in [1.165, 1.54) is 31.5 Å². The Labute approximate surface area is 163 Å². The smallest absolute Gasteiger partial charge is 0.198 e. The van der Waals surface area contributed by atoms with Gasteiger partial charge in [0.1, 0.15) is 11.6 Å². The number of hydrogen-bond donors (Lipinski definition) is 2. The van der Waals surface area contributed by atoms with Crippen LogP contribution in [-0.2, 0) is 0 Å². The van der Waals surface area contributed by atoms with Gasteiger partial charge in [-0.15, -0.1) is 0 Å². The summed E-state index contributed by atoms with van der Waals surface area (Å²) in [6, 6.07) is 11.9. The number of ether oxygens (including phenoxy) is 1. The number of fused-ring (bicyclic) bond motifs is 1. The molecule has 0 amide bonds. The molecule has 0 radical (unpaired) electrons. The maximum Gasteiger partial charge on any atom is 0.198 e. The van der Waals surface area contributed by atoms with Crippen molar-refractivity contribution in [1.29, 1.82) is 0 Å². The van der Waals surface area contributed by atoms with E-state index in [0.717, 1.165) is 30.0 Å². The summed E-state index contributed by atoms with van der Waals surface area (Å²) in [5, 5.41) is 10.8. The van der Waals surface area contributed by atoms with Crippen molar-refractivity contribution in [3.05, 3.63) is 53.8 Å². The Bertz CT molecular complexity index is 981. The summed E-state index contributed by atoms with van der Waals surface area (Å²) < 4.78 is 19.2. The van der Waals surface area contributed by atoms with Crippen molar-refractivity contribution >= 4 is 22.8 Å². The lowest BCUT2D eigenvalue weighted by Gasteiger charge is -2.29. The van der Waals surface area contributed by atoms with E-state index in [9.17, 15) is 9.50 Å². The number of aromatic hydroxyl groups is 1. The van der Waals surface area contributed by atoms with Crippen molar-refractivity contribution in [2.24, 2.45) is 10.9 Å². The monoisotopic (exact) mass is 381 g/mol. The van der Waals surface area contributed by atoms with Crippen LogP contribution in [0, 0.1) is 11.7 Å². The van der Waals surface area contributed by atoms with Gasteiger partial charge < -0.3 is 19.7 Å². The number of nitrogens with one attached hydrogen (secondary N) is 1. The lowest BCUT2D eigenvalue weighted by molar-refractivity contribution is 0.150. The van der Waals surface area contributed by atoms with E-state index in [0.29, 0.717) is 17.0 Å². The van der Waals surface area contributed by atoms with Crippen molar-refractivity contribution in [2.45, 2.75) is 12.8 Å². The van der Waals surface area contributed by atoms with Gasteiger partial charge in [0, 0.05) is 24.1 Å². The molecule has 2 aromatic carbocycles. The number of halogens is 1. The molecule has 146 valence electrons. The molecule has 1 fully saturated rings. The maximum atomic E-state index is 13.3. The molecule has 0 spiro atoms. The molecule has 1 saturated heterocycles. The molecule has 0 saturated carbocycles. The molecule has 1 aliphatic heterocycles. The summed E-state index contributed by atoms with van der Waals surface area (Å²) in [6.45, 7) is 2.98. The van der Waals surface area contributed by atoms with Crippen LogP contribution >= 0.6 is 0 Å². The second-order valence-corrected chi connectivity index (χ2v) is 7.41. The molecule has 5 nitrogen and oxygen atoms in total. The molecule has 1 atom stereocenters. The Morgan fingerprint density at radius 3 is 2.89 bits per heavy atom. The van der Waals surface area contributed by atoms with Gasteiger partial charge in [-0.1, -0.05) is 0 Å². The summed E-state index contributed by atoms with van der Waals surface area (Å²) in [5.74, 6) is 1.03. The number of piperidine rings is 1. The lowest BCUT2D eigenvalue weighted by atomic mass is 10.00. The zero-order valence-electron chi connectivity index (χ0n) is 15.9. The molecule has 28 heavy (non-hydrogen) atoms. The minimum atomic E-state index is -0.354. The van der Waals surface area contributed by atoms with Crippen LogP contribution in [-0.4, -0.2) is 47.9 Å². The van der Waals surface area contributed by atoms with Crippen molar-refractivity contribution in [3.8, 4) is 11.6 Å².